The number of aromatic nitrogens is 1. The third-order valence-electron chi connectivity index (χ3n) is 6.63. The number of pyridine rings is 1. The number of benzene rings is 1. The SMILES string of the molecule is COCCCOc1cc2c(cc1C(=O)N1CCOCC1)-c1cc(=O)c(C(=O)O)cn1C(C(C)C)C2. The van der Waals surface area contributed by atoms with Gasteiger partial charge in [-0.1, -0.05) is 13.8 Å². The number of rotatable bonds is 8. The second-order valence-electron chi connectivity index (χ2n) is 9.27. The summed E-state index contributed by atoms with van der Waals surface area (Å²) >= 11 is 0. The molecule has 3 heterocycles. The van der Waals surface area contributed by atoms with Crippen LogP contribution in [0.15, 0.2) is 29.2 Å². The first-order valence-corrected chi connectivity index (χ1v) is 12.0. The Morgan fingerprint density at radius 3 is 2.54 bits per heavy atom. The minimum Gasteiger partial charge on any atom is -0.493 e. The van der Waals surface area contributed by atoms with Gasteiger partial charge >= 0.3 is 5.97 Å². The Balaban J connectivity index is 1.84. The lowest BCUT2D eigenvalue weighted by molar-refractivity contribution is 0.0300. The number of carbonyl (C=O) groups excluding carboxylic acids is 1. The molecule has 0 spiro atoms. The molecule has 2 aromatic rings. The summed E-state index contributed by atoms with van der Waals surface area (Å²) in [4.78, 5) is 39.5. The van der Waals surface area contributed by atoms with Crippen LogP contribution in [0.3, 0.4) is 0 Å². The molecule has 1 N–H and O–H groups in total. The van der Waals surface area contributed by atoms with Crippen LogP contribution >= 0.6 is 0 Å². The van der Waals surface area contributed by atoms with E-state index < -0.39 is 11.4 Å². The summed E-state index contributed by atoms with van der Waals surface area (Å²) in [7, 11) is 1.63. The quantitative estimate of drug-likeness (QED) is 0.574. The van der Waals surface area contributed by atoms with E-state index in [0.717, 1.165) is 11.1 Å². The number of ether oxygens (including phenoxy) is 3. The fourth-order valence-electron chi connectivity index (χ4n) is 4.72. The molecule has 4 rings (SSSR count). The molecule has 0 radical (unpaired) electrons. The Morgan fingerprint density at radius 2 is 1.89 bits per heavy atom. The van der Waals surface area contributed by atoms with E-state index in [1.165, 1.54) is 12.3 Å². The average molecular weight is 485 g/mol. The maximum atomic E-state index is 13.5. The van der Waals surface area contributed by atoms with Crippen molar-refractivity contribution >= 4 is 11.9 Å². The lowest BCUT2D eigenvalue weighted by Crippen LogP contribution is -2.41. The molecule has 1 saturated heterocycles. The lowest BCUT2D eigenvalue weighted by Gasteiger charge is -2.34. The van der Waals surface area contributed by atoms with Crippen molar-refractivity contribution in [1.82, 2.24) is 9.47 Å². The van der Waals surface area contributed by atoms with Crippen molar-refractivity contribution in [2.75, 3.05) is 46.6 Å². The summed E-state index contributed by atoms with van der Waals surface area (Å²) in [6.45, 7) is 7.03. The maximum Gasteiger partial charge on any atom is 0.341 e. The fraction of sp³-hybridized carbons (Fsp3) is 0.500. The molecule has 35 heavy (non-hydrogen) atoms. The van der Waals surface area contributed by atoms with Gasteiger partial charge in [0.15, 0.2) is 5.43 Å². The van der Waals surface area contributed by atoms with Crippen LogP contribution in [0.4, 0.5) is 0 Å². The number of morpholine rings is 1. The van der Waals surface area contributed by atoms with Crippen molar-refractivity contribution in [3.63, 3.8) is 0 Å². The van der Waals surface area contributed by atoms with Crippen molar-refractivity contribution in [3.05, 3.63) is 51.3 Å². The number of methoxy groups -OCH3 is 1. The number of amides is 1. The molecule has 2 aliphatic heterocycles. The van der Waals surface area contributed by atoms with Gasteiger partial charge in [-0.15, -0.1) is 0 Å². The van der Waals surface area contributed by atoms with Gasteiger partial charge in [0.1, 0.15) is 11.3 Å². The minimum atomic E-state index is -1.25. The van der Waals surface area contributed by atoms with E-state index in [-0.39, 0.29) is 23.4 Å². The lowest BCUT2D eigenvalue weighted by atomic mass is 9.86. The van der Waals surface area contributed by atoms with Gasteiger partial charge in [0.2, 0.25) is 0 Å². The van der Waals surface area contributed by atoms with Gasteiger partial charge in [0.25, 0.3) is 5.91 Å². The minimum absolute atomic E-state index is 0.0432. The third-order valence-corrected chi connectivity index (χ3v) is 6.63. The van der Waals surface area contributed by atoms with E-state index in [0.29, 0.717) is 69.4 Å². The number of hydrogen-bond acceptors (Lipinski definition) is 6. The van der Waals surface area contributed by atoms with E-state index in [1.807, 2.05) is 10.6 Å². The summed E-state index contributed by atoms with van der Waals surface area (Å²) in [6.07, 6.45) is 2.75. The molecule has 188 valence electrons. The number of aromatic carboxylic acids is 1. The van der Waals surface area contributed by atoms with Crippen LogP contribution in [0.1, 0.15) is 52.6 Å². The first-order chi connectivity index (χ1) is 16.8. The molecule has 2 aliphatic rings. The maximum absolute atomic E-state index is 13.5. The monoisotopic (exact) mass is 484 g/mol. The van der Waals surface area contributed by atoms with E-state index in [4.69, 9.17) is 14.2 Å². The summed E-state index contributed by atoms with van der Waals surface area (Å²) in [6, 6.07) is 5.03. The van der Waals surface area contributed by atoms with Gasteiger partial charge in [0.05, 0.1) is 31.1 Å². The Labute approximate surface area is 204 Å². The fourth-order valence-corrected chi connectivity index (χ4v) is 4.72. The van der Waals surface area contributed by atoms with Crippen LogP contribution in [0.5, 0.6) is 5.75 Å². The number of carbonyl (C=O) groups is 2. The van der Waals surface area contributed by atoms with E-state index in [2.05, 4.69) is 13.8 Å². The molecule has 0 saturated carbocycles. The Kier molecular flexibility index (Phi) is 7.57. The summed E-state index contributed by atoms with van der Waals surface area (Å²) in [5.74, 6) is -0.704. The number of carboxylic acid groups (broad SMARTS) is 1. The molecule has 1 unspecified atom stereocenters. The Morgan fingerprint density at radius 1 is 1.14 bits per heavy atom. The molecule has 0 aliphatic carbocycles. The van der Waals surface area contributed by atoms with Crippen molar-refractivity contribution in [2.45, 2.75) is 32.7 Å². The summed E-state index contributed by atoms with van der Waals surface area (Å²) < 4.78 is 18.5. The van der Waals surface area contributed by atoms with Gasteiger partial charge in [-0.2, -0.15) is 0 Å². The van der Waals surface area contributed by atoms with E-state index in [9.17, 15) is 19.5 Å². The van der Waals surface area contributed by atoms with Crippen molar-refractivity contribution < 1.29 is 28.9 Å². The largest absolute Gasteiger partial charge is 0.493 e. The van der Waals surface area contributed by atoms with Gasteiger partial charge < -0.3 is 28.8 Å². The smallest absolute Gasteiger partial charge is 0.341 e. The Bertz CT molecular complexity index is 1170. The molecule has 1 fully saturated rings. The molecule has 1 aromatic carbocycles. The van der Waals surface area contributed by atoms with Crippen LogP contribution < -0.4 is 10.2 Å². The first kappa shape index (κ1) is 24.9. The zero-order valence-electron chi connectivity index (χ0n) is 20.4. The van der Waals surface area contributed by atoms with Crippen LogP contribution in [-0.2, 0) is 15.9 Å². The summed E-state index contributed by atoms with van der Waals surface area (Å²) in [5.41, 5.74) is 1.93. The molecule has 9 nitrogen and oxygen atoms in total. The van der Waals surface area contributed by atoms with E-state index in [1.54, 1.807) is 18.1 Å². The van der Waals surface area contributed by atoms with Gasteiger partial charge in [-0.25, -0.2) is 4.79 Å². The zero-order valence-corrected chi connectivity index (χ0v) is 20.4. The van der Waals surface area contributed by atoms with Crippen LogP contribution in [0.2, 0.25) is 0 Å². The van der Waals surface area contributed by atoms with Gasteiger partial charge in [0, 0.05) is 57.1 Å². The highest BCUT2D eigenvalue weighted by molar-refractivity contribution is 5.99. The highest BCUT2D eigenvalue weighted by Crippen LogP contribution is 2.40. The predicted octanol–water partition coefficient (Wildman–Crippen LogP) is 2.85. The highest BCUT2D eigenvalue weighted by Gasteiger charge is 2.31. The highest BCUT2D eigenvalue weighted by atomic mass is 16.5. The second kappa shape index (κ2) is 10.6. The second-order valence-corrected chi connectivity index (χ2v) is 9.27. The van der Waals surface area contributed by atoms with Crippen LogP contribution in [0, 0.1) is 5.92 Å². The topological polar surface area (TPSA) is 107 Å². The summed E-state index contributed by atoms with van der Waals surface area (Å²) in [5, 5.41) is 9.51. The molecule has 0 bridgehead atoms. The van der Waals surface area contributed by atoms with E-state index >= 15 is 0 Å². The Hall–Kier alpha value is -3.17. The van der Waals surface area contributed by atoms with Crippen LogP contribution in [0.25, 0.3) is 11.3 Å². The molecular formula is C26H32N2O7. The molecule has 1 aromatic heterocycles. The normalized spacial score (nSPS) is 17.1. The average Bonchev–Trinajstić information content (AvgIpc) is 2.85. The molecular weight excluding hydrogens is 452 g/mol. The number of carboxylic acids is 1. The predicted molar refractivity (Wildman–Crippen MR) is 129 cm³/mol. The number of hydrogen-bond donors (Lipinski definition) is 1. The van der Waals surface area contributed by atoms with Crippen molar-refractivity contribution in [2.24, 2.45) is 5.92 Å². The molecule has 1 amide bonds. The van der Waals surface area contributed by atoms with Gasteiger partial charge in [-0.05, 0) is 30.0 Å². The third kappa shape index (κ3) is 5.11. The van der Waals surface area contributed by atoms with Crippen molar-refractivity contribution in [1.29, 1.82) is 0 Å². The van der Waals surface area contributed by atoms with Gasteiger partial charge in [-0.3, -0.25) is 9.59 Å². The standard InChI is InChI=1S/C26H32N2O7/c1-16(2)21-11-17-12-24(35-8-4-7-33-3)19(25(30)27-5-9-34-10-6-27)13-18(17)22-14-23(29)20(26(31)32)15-28(21)22/h12-16,21H,4-11H2,1-3H3,(H,31,32). The first-order valence-electron chi connectivity index (χ1n) is 12.0. The van der Waals surface area contributed by atoms with Crippen LogP contribution in [-0.4, -0.2) is 73.1 Å². The van der Waals surface area contributed by atoms with Crippen molar-refractivity contribution in [3.8, 4) is 17.0 Å². The molecule has 9 heteroatoms. The zero-order chi connectivity index (χ0) is 25.1. The number of nitrogens with zero attached hydrogens (tertiary/aromatic N) is 2. The number of fused-ring (bicyclic) bond motifs is 3. The molecule has 1 atom stereocenters.